The van der Waals surface area contributed by atoms with E-state index in [4.69, 9.17) is 0 Å². The second-order valence-electron chi connectivity index (χ2n) is 3.81. The molecule has 1 fully saturated rings. The molecule has 4 nitrogen and oxygen atoms in total. The fraction of sp³-hybridized carbons (Fsp3) is 0.545. The lowest BCUT2D eigenvalue weighted by Gasteiger charge is -2.17. The second kappa shape index (κ2) is 4.87. The van der Waals surface area contributed by atoms with Gasteiger partial charge in [-0.25, -0.2) is 9.97 Å². The molecule has 0 aromatic carbocycles. The minimum Gasteiger partial charge on any atom is -0.363 e. The Kier molecular flexibility index (Phi) is 3.27. The quantitative estimate of drug-likeness (QED) is 0.702. The van der Waals surface area contributed by atoms with Crippen LogP contribution in [0.3, 0.4) is 0 Å². The van der Waals surface area contributed by atoms with Crippen molar-refractivity contribution in [3.05, 3.63) is 18.5 Å². The number of likely N-dealkylation sites (tertiary alicyclic amines) is 1. The van der Waals surface area contributed by atoms with Crippen molar-refractivity contribution in [2.24, 2.45) is 4.99 Å². The molecule has 0 radical (unpaired) electrons. The molecule has 2 rings (SSSR count). The van der Waals surface area contributed by atoms with Crippen molar-refractivity contribution in [3.8, 4) is 0 Å². The van der Waals surface area contributed by atoms with Crippen LogP contribution >= 0.6 is 0 Å². The lowest BCUT2D eigenvalue weighted by molar-refractivity contribution is 0.494. The van der Waals surface area contributed by atoms with Crippen LogP contribution in [0.15, 0.2) is 23.5 Å². The zero-order chi connectivity index (χ0) is 10.5. The Balaban J connectivity index is 2.17. The first-order chi connectivity index (χ1) is 7.36. The van der Waals surface area contributed by atoms with Gasteiger partial charge < -0.3 is 4.90 Å². The average molecular weight is 204 g/mol. The van der Waals surface area contributed by atoms with Crippen molar-refractivity contribution >= 4 is 11.8 Å². The van der Waals surface area contributed by atoms with Crippen LogP contribution in [0.2, 0.25) is 0 Å². The predicted octanol–water partition coefficient (Wildman–Crippen LogP) is 2.01. The van der Waals surface area contributed by atoms with E-state index < -0.39 is 0 Å². The summed E-state index contributed by atoms with van der Waals surface area (Å²) in [5.41, 5.74) is 0. The van der Waals surface area contributed by atoms with Crippen molar-refractivity contribution in [3.63, 3.8) is 0 Å². The summed E-state index contributed by atoms with van der Waals surface area (Å²) in [6, 6.07) is 1.81. The smallest absolute Gasteiger partial charge is 0.250 e. The van der Waals surface area contributed by atoms with Gasteiger partial charge in [0.05, 0.1) is 0 Å². The highest BCUT2D eigenvalue weighted by molar-refractivity contribution is 5.84. The van der Waals surface area contributed by atoms with Gasteiger partial charge in [0.25, 0.3) is 5.95 Å². The Morgan fingerprint density at radius 2 is 2.00 bits per heavy atom. The van der Waals surface area contributed by atoms with E-state index in [-0.39, 0.29) is 0 Å². The summed E-state index contributed by atoms with van der Waals surface area (Å²) >= 11 is 0. The Labute approximate surface area is 90.1 Å². The first-order valence-electron chi connectivity index (χ1n) is 5.42. The van der Waals surface area contributed by atoms with Gasteiger partial charge in [-0.05, 0) is 18.9 Å². The normalized spacial score (nSPS) is 20.3. The van der Waals surface area contributed by atoms with E-state index in [1.807, 2.05) is 0 Å². The fourth-order valence-corrected chi connectivity index (χ4v) is 1.73. The van der Waals surface area contributed by atoms with E-state index in [0.717, 1.165) is 18.8 Å². The molecule has 15 heavy (non-hydrogen) atoms. The van der Waals surface area contributed by atoms with E-state index in [9.17, 15) is 0 Å². The fourth-order valence-electron chi connectivity index (χ4n) is 1.73. The number of nitrogens with zero attached hydrogens (tertiary/aromatic N) is 4. The molecule has 80 valence electrons. The van der Waals surface area contributed by atoms with Gasteiger partial charge in [0.2, 0.25) is 0 Å². The van der Waals surface area contributed by atoms with Gasteiger partial charge in [0, 0.05) is 32.4 Å². The first kappa shape index (κ1) is 10.1. The summed E-state index contributed by atoms with van der Waals surface area (Å²) in [4.78, 5) is 14.9. The van der Waals surface area contributed by atoms with Crippen LogP contribution in [0, 0.1) is 0 Å². The molecule has 0 aliphatic carbocycles. The topological polar surface area (TPSA) is 41.4 Å². The van der Waals surface area contributed by atoms with Crippen LogP contribution in [-0.4, -0.2) is 34.3 Å². The SMILES string of the molecule is CN1CCCCC/C1=N\c1ncccn1. The van der Waals surface area contributed by atoms with Crippen molar-refractivity contribution < 1.29 is 0 Å². The molecule has 1 aromatic heterocycles. The summed E-state index contributed by atoms with van der Waals surface area (Å²) in [5.74, 6) is 1.68. The molecule has 1 aliphatic heterocycles. The van der Waals surface area contributed by atoms with Gasteiger partial charge >= 0.3 is 0 Å². The van der Waals surface area contributed by atoms with Crippen molar-refractivity contribution in [1.82, 2.24) is 14.9 Å². The highest BCUT2D eigenvalue weighted by Gasteiger charge is 2.11. The van der Waals surface area contributed by atoms with Crippen LogP contribution in [0.4, 0.5) is 5.95 Å². The number of rotatable bonds is 1. The third-order valence-corrected chi connectivity index (χ3v) is 2.62. The third-order valence-electron chi connectivity index (χ3n) is 2.62. The molecule has 0 bridgehead atoms. The number of aromatic nitrogens is 2. The minimum absolute atomic E-state index is 0.571. The molecule has 1 aromatic rings. The van der Waals surface area contributed by atoms with Crippen LogP contribution in [0.5, 0.6) is 0 Å². The first-order valence-corrected chi connectivity index (χ1v) is 5.42. The number of hydrogen-bond acceptors (Lipinski definition) is 3. The summed E-state index contributed by atoms with van der Waals surface area (Å²) in [6.07, 6.45) is 8.25. The van der Waals surface area contributed by atoms with Crippen molar-refractivity contribution in [2.75, 3.05) is 13.6 Å². The monoisotopic (exact) mass is 204 g/mol. The lowest BCUT2D eigenvalue weighted by atomic mass is 10.2. The van der Waals surface area contributed by atoms with Crippen LogP contribution < -0.4 is 0 Å². The van der Waals surface area contributed by atoms with Gasteiger partial charge in [-0.3, -0.25) is 0 Å². The summed E-state index contributed by atoms with van der Waals surface area (Å²) in [7, 11) is 2.09. The van der Waals surface area contributed by atoms with Crippen LogP contribution in [0.1, 0.15) is 25.7 Å². The maximum atomic E-state index is 4.48. The summed E-state index contributed by atoms with van der Waals surface area (Å²) in [5, 5.41) is 0. The van der Waals surface area contributed by atoms with Crippen molar-refractivity contribution in [2.45, 2.75) is 25.7 Å². The number of amidine groups is 1. The minimum atomic E-state index is 0.571. The van der Waals surface area contributed by atoms with Crippen LogP contribution in [-0.2, 0) is 0 Å². The largest absolute Gasteiger partial charge is 0.363 e. The van der Waals surface area contributed by atoms with Gasteiger partial charge in [0.15, 0.2) is 0 Å². The Bertz CT molecular complexity index is 334. The maximum Gasteiger partial charge on any atom is 0.250 e. The highest BCUT2D eigenvalue weighted by Crippen LogP contribution is 2.13. The van der Waals surface area contributed by atoms with Gasteiger partial charge in [0.1, 0.15) is 5.84 Å². The molecule has 1 saturated heterocycles. The highest BCUT2D eigenvalue weighted by atomic mass is 15.2. The molecule has 4 heteroatoms. The van der Waals surface area contributed by atoms with E-state index >= 15 is 0 Å². The number of hydrogen-bond donors (Lipinski definition) is 0. The molecule has 0 spiro atoms. The van der Waals surface area contributed by atoms with Gasteiger partial charge in [-0.2, -0.15) is 4.99 Å². The average Bonchev–Trinajstić information content (AvgIpc) is 2.46. The molecular formula is C11H16N4. The zero-order valence-electron chi connectivity index (χ0n) is 9.06. The molecule has 1 aliphatic rings. The van der Waals surface area contributed by atoms with E-state index in [1.54, 1.807) is 18.5 Å². The molecule has 0 amide bonds. The molecule has 0 N–H and O–H groups in total. The molecule has 0 unspecified atom stereocenters. The van der Waals surface area contributed by atoms with E-state index in [0.29, 0.717) is 5.95 Å². The Morgan fingerprint density at radius 1 is 1.20 bits per heavy atom. The van der Waals surface area contributed by atoms with E-state index in [2.05, 4.69) is 26.9 Å². The zero-order valence-corrected chi connectivity index (χ0v) is 9.06. The van der Waals surface area contributed by atoms with E-state index in [1.165, 1.54) is 19.3 Å². The Hall–Kier alpha value is -1.45. The molecule has 0 atom stereocenters. The van der Waals surface area contributed by atoms with Crippen LogP contribution in [0.25, 0.3) is 0 Å². The van der Waals surface area contributed by atoms with Gasteiger partial charge in [-0.15, -0.1) is 0 Å². The van der Waals surface area contributed by atoms with Gasteiger partial charge in [-0.1, -0.05) is 6.42 Å². The predicted molar refractivity (Wildman–Crippen MR) is 60.2 cm³/mol. The Morgan fingerprint density at radius 3 is 2.80 bits per heavy atom. The lowest BCUT2D eigenvalue weighted by Crippen LogP contribution is -2.25. The maximum absolute atomic E-state index is 4.48. The molecule has 2 heterocycles. The summed E-state index contributed by atoms with van der Waals surface area (Å²) < 4.78 is 0. The standard InChI is InChI=1S/C11H16N4/c1-15-9-4-2-3-6-10(15)14-11-12-7-5-8-13-11/h5,7-8H,2-4,6,9H2,1H3/b14-10+. The molecular weight excluding hydrogens is 188 g/mol. The molecule has 0 saturated carbocycles. The summed E-state index contributed by atoms with van der Waals surface area (Å²) in [6.45, 7) is 1.09. The van der Waals surface area contributed by atoms with Crippen molar-refractivity contribution in [1.29, 1.82) is 0 Å². The third kappa shape index (κ3) is 2.75. The number of aliphatic imine (C=N–C) groups is 1. The second-order valence-corrected chi connectivity index (χ2v) is 3.81.